The van der Waals surface area contributed by atoms with E-state index in [1.54, 1.807) is 4.68 Å². The molecule has 1 heterocycles. The lowest BCUT2D eigenvalue weighted by Crippen LogP contribution is -2.10. The Labute approximate surface area is 119 Å². The van der Waals surface area contributed by atoms with Crippen LogP contribution < -0.4 is 5.73 Å². The lowest BCUT2D eigenvalue weighted by atomic mass is 9.91. The van der Waals surface area contributed by atoms with E-state index in [4.69, 9.17) is 17.3 Å². The van der Waals surface area contributed by atoms with E-state index in [1.807, 2.05) is 31.2 Å². The van der Waals surface area contributed by atoms with E-state index in [0.717, 1.165) is 17.8 Å². The third kappa shape index (κ3) is 3.10. The summed E-state index contributed by atoms with van der Waals surface area (Å²) < 4.78 is 1.72. The Balaban J connectivity index is 2.46. The number of benzene rings is 1. The maximum Gasteiger partial charge on any atom is 0.146 e. The Morgan fingerprint density at radius 3 is 2.58 bits per heavy atom. The second-order valence-corrected chi connectivity index (χ2v) is 6.51. The van der Waals surface area contributed by atoms with Gasteiger partial charge < -0.3 is 5.73 Å². The molecule has 0 unspecified atom stereocenters. The monoisotopic (exact) mass is 277 g/mol. The lowest BCUT2D eigenvalue weighted by Gasteiger charge is -2.16. The number of rotatable bonds is 2. The van der Waals surface area contributed by atoms with E-state index < -0.39 is 0 Å². The van der Waals surface area contributed by atoms with Gasteiger partial charge in [-0.25, -0.2) is 4.68 Å². The third-order valence-electron chi connectivity index (χ3n) is 2.87. The van der Waals surface area contributed by atoms with E-state index in [0.29, 0.717) is 10.8 Å². The van der Waals surface area contributed by atoms with Crippen LogP contribution in [0.15, 0.2) is 24.3 Å². The molecule has 0 aliphatic heterocycles. The molecule has 0 atom stereocenters. The summed E-state index contributed by atoms with van der Waals surface area (Å²) in [5, 5.41) is 5.13. The van der Waals surface area contributed by atoms with Crippen molar-refractivity contribution in [3.05, 3.63) is 40.5 Å². The largest absolute Gasteiger partial charge is 0.382 e. The molecule has 0 spiro atoms. The zero-order chi connectivity index (χ0) is 14.2. The van der Waals surface area contributed by atoms with Crippen LogP contribution in [0.5, 0.6) is 0 Å². The van der Waals surface area contributed by atoms with Crippen molar-refractivity contribution in [1.82, 2.24) is 9.78 Å². The van der Waals surface area contributed by atoms with Crippen LogP contribution in [0.4, 0.5) is 5.82 Å². The zero-order valence-corrected chi connectivity index (χ0v) is 12.6. The molecule has 2 aromatic rings. The first-order valence-corrected chi connectivity index (χ1v) is 6.75. The van der Waals surface area contributed by atoms with Gasteiger partial charge in [-0.1, -0.05) is 44.5 Å². The number of nitrogen functional groups attached to an aromatic ring is 1. The van der Waals surface area contributed by atoms with Crippen molar-refractivity contribution in [1.29, 1.82) is 0 Å². The molecular formula is C15H20ClN3. The van der Waals surface area contributed by atoms with Gasteiger partial charge in [0.05, 0.1) is 11.4 Å². The van der Waals surface area contributed by atoms with E-state index in [2.05, 4.69) is 25.9 Å². The molecule has 4 heteroatoms. The quantitative estimate of drug-likeness (QED) is 0.901. The van der Waals surface area contributed by atoms with Crippen molar-refractivity contribution in [2.75, 3.05) is 5.73 Å². The number of nitrogens with zero attached hydrogens (tertiary/aromatic N) is 2. The summed E-state index contributed by atoms with van der Waals surface area (Å²) >= 11 is 6.30. The minimum Gasteiger partial charge on any atom is -0.382 e. The highest BCUT2D eigenvalue weighted by atomic mass is 35.5. The molecule has 2 rings (SSSR count). The first kappa shape index (κ1) is 13.9. The van der Waals surface area contributed by atoms with Gasteiger partial charge in [0.2, 0.25) is 0 Å². The van der Waals surface area contributed by atoms with Crippen molar-refractivity contribution in [3.63, 3.8) is 0 Å². The second kappa shape index (κ2) is 4.89. The Hall–Kier alpha value is -1.48. The van der Waals surface area contributed by atoms with E-state index in [-0.39, 0.29) is 5.41 Å². The minimum absolute atomic E-state index is 0.127. The second-order valence-electron chi connectivity index (χ2n) is 6.13. The molecular weight excluding hydrogens is 258 g/mol. The molecule has 0 fully saturated rings. The van der Waals surface area contributed by atoms with Gasteiger partial charge in [-0.3, -0.25) is 0 Å². The van der Waals surface area contributed by atoms with Gasteiger partial charge in [0.1, 0.15) is 10.8 Å². The van der Waals surface area contributed by atoms with Crippen LogP contribution in [0.1, 0.15) is 32.0 Å². The van der Waals surface area contributed by atoms with E-state index in [9.17, 15) is 0 Å². The van der Waals surface area contributed by atoms with E-state index in [1.165, 1.54) is 5.56 Å². The summed E-state index contributed by atoms with van der Waals surface area (Å²) in [4.78, 5) is 0. The zero-order valence-electron chi connectivity index (χ0n) is 11.9. The van der Waals surface area contributed by atoms with Crippen LogP contribution in [0, 0.1) is 12.3 Å². The minimum atomic E-state index is 0.127. The molecule has 2 N–H and O–H groups in total. The molecule has 19 heavy (non-hydrogen) atoms. The molecule has 102 valence electrons. The fourth-order valence-corrected chi connectivity index (χ4v) is 2.22. The van der Waals surface area contributed by atoms with Crippen molar-refractivity contribution in [3.8, 4) is 5.69 Å². The topological polar surface area (TPSA) is 43.8 Å². The average molecular weight is 278 g/mol. The van der Waals surface area contributed by atoms with Gasteiger partial charge in [-0.2, -0.15) is 5.10 Å². The summed E-state index contributed by atoms with van der Waals surface area (Å²) in [6, 6.07) is 8.05. The number of hydrogen-bond donors (Lipinski definition) is 1. The standard InChI is InChI=1S/C15H20ClN3/c1-10-6-5-7-11(8-10)19-14(17)13(16)12(18-19)9-15(2,3)4/h5-8H,9,17H2,1-4H3. The number of aromatic nitrogens is 2. The number of nitrogens with two attached hydrogens (primary N) is 1. The van der Waals surface area contributed by atoms with Crippen LogP contribution in [0.25, 0.3) is 5.69 Å². The first-order chi connectivity index (χ1) is 8.78. The van der Waals surface area contributed by atoms with Gasteiger partial charge in [-0.15, -0.1) is 0 Å². The number of hydrogen-bond acceptors (Lipinski definition) is 2. The molecule has 1 aromatic heterocycles. The summed E-state index contributed by atoms with van der Waals surface area (Å²) in [5.41, 5.74) is 9.17. The van der Waals surface area contributed by atoms with Crippen LogP contribution in [0.2, 0.25) is 5.02 Å². The molecule has 0 saturated carbocycles. The number of halogens is 1. The summed E-state index contributed by atoms with van der Waals surface area (Å²) in [7, 11) is 0. The maximum atomic E-state index is 6.30. The summed E-state index contributed by atoms with van der Waals surface area (Å²) in [5.74, 6) is 0.506. The van der Waals surface area contributed by atoms with Crippen molar-refractivity contribution in [2.45, 2.75) is 34.1 Å². The first-order valence-electron chi connectivity index (χ1n) is 6.38. The highest BCUT2D eigenvalue weighted by molar-refractivity contribution is 6.33. The Bertz CT molecular complexity index is 594. The number of anilines is 1. The van der Waals surface area contributed by atoms with Crippen LogP contribution in [-0.2, 0) is 6.42 Å². The van der Waals surface area contributed by atoms with Gasteiger partial charge in [0, 0.05) is 0 Å². The molecule has 0 aliphatic carbocycles. The number of aryl methyl sites for hydroxylation is 1. The predicted octanol–water partition coefficient (Wildman–Crippen LogP) is 4.00. The molecule has 0 saturated heterocycles. The average Bonchev–Trinajstić information content (AvgIpc) is 2.55. The van der Waals surface area contributed by atoms with E-state index >= 15 is 0 Å². The van der Waals surface area contributed by atoms with Gasteiger partial charge in [0.15, 0.2) is 0 Å². The normalized spacial score (nSPS) is 11.8. The van der Waals surface area contributed by atoms with Crippen LogP contribution in [0.3, 0.4) is 0 Å². The van der Waals surface area contributed by atoms with Gasteiger partial charge >= 0.3 is 0 Å². The van der Waals surface area contributed by atoms with Crippen molar-refractivity contribution >= 4 is 17.4 Å². The Morgan fingerprint density at radius 2 is 2.00 bits per heavy atom. The molecule has 3 nitrogen and oxygen atoms in total. The van der Waals surface area contributed by atoms with Crippen molar-refractivity contribution < 1.29 is 0 Å². The Kier molecular flexibility index (Phi) is 3.59. The fourth-order valence-electron chi connectivity index (χ4n) is 2.03. The third-order valence-corrected chi connectivity index (χ3v) is 3.28. The van der Waals surface area contributed by atoms with Crippen LogP contribution >= 0.6 is 11.6 Å². The van der Waals surface area contributed by atoms with Crippen molar-refractivity contribution in [2.24, 2.45) is 5.41 Å². The smallest absolute Gasteiger partial charge is 0.146 e. The SMILES string of the molecule is Cc1cccc(-n2nc(CC(C)(C)C)c(Cl)c2N)c1. The highest BCUT2D eigenvalue weighted by Gasteiger charge is 2.20. The highest BCUT2D eigenvalue weighted by Crippen LogP contribution is 2.30. The maximum absolute atomic E-state index is 6.30. The molecule has 0 bridgehead atoms. The molecule has 0 aliphatic rings. The molecule has 0 radical (unpaired) electrons. The van der Waals surface area contributed by atoms with Gasteiger partial charge in [0.25, 0.3) is 0 Å². The Morgan fingerprint density at radius 1 is 1.32 bits per heavy atom. The summed E-state index contributed by atoms with van der Waals surface area (Å²) in [6.45, 7) is 8.52. The van der Waals surface area contributed by atoms with Crippen LogP contribution in [-0.4, -0.2) is 9.78 Å². The van der Waals surface area contributed by atoms with Gasteiger partial charge in [-0.05, 0) is 36.5 Å². The lowest BCUT2D eigenvalue weighted by molar-refractivity contribution is 0.405. The summed E-state index contributed by atoms with van der Waals surface area (Å²) in [6.07, 6.45) is 0.800. The fraction of sp³-hybridized carbons (Fsp3) is 0.400. The molecule has 0 amide bonds. The molecule has 1 aromatic carbocycles. The predicted molar refractivity (Wildman–Crippen MR) is 80.9 cm³/mol.